The van der Waals surface area contributed by atoms with Gasteiger partial charge in [0.1, 0.15) is 5.75 Å². The van der Waals surface area contributed by atoms with Crippen molar-refractivity contribution in [3.05, 3.63) is 106 Å². The van der Waals surface area contributed by atoms with Gasteiger partial charge in [-0.05, 0) is 48.2 Å². The van der Waals surface area contributed by atoms with E-state index in [0.29, 0.717) is 42.7 Å². The van der Waals surface area contributed by atoms with Gasteiger partial charge in [-0.2, -0.15) is 5.10 Å². The highest BCUT2D eigenvalue weighted by Crippen LogP contribution is 2.26. The second-order valence-electron chi connectivity index (χ2n) is 8.18. The van der Waals surface area contributed by atoms with Gasteiger partial charge >= 0.3 is 0 Å². The first-order chi connectivity index (χ1) is 16.1. The molecule has 0 unspecified atom stereocenters. The standard InChI is InChI=1S/C27H25N3O3/c1-2-33-22-13-12-20-14-15-29(18-21(20)16-22)27(32)25-23-10-6-7-11-24(23)26(31)30(28-25)17-19-8-4-3-5-9-19/h3-13,16H,2,14-15,17-18H2,1H3. The fourth-order valence-corrected chi connectivity index (χ4v) is 4.37. The molecule has 5 rings (SSSR count). The van der Waals surface area contributed by atoms with Gasteiger partial charge in [0.2, 0.25) is 0 Å². The molecule has 33 heavy (non-hydrogen) atoms. The summed E-state index contributed by atoms with van der Waals surface area (Å²) in [5.41, 5.74) is 3.38. The molecule has 3 aromatic carbocycles. The number of hydrogen-bond donors (Lipinski definition) is 0. The number of aromatic nitrogens is 2. The first kappa shape index (κ1) is 20.9. The first-order valence-corrected chi connectivity index (χ1v) is 11.2. The lowest BCUT2D eigenvalue weighted by Gasteiger charge is -2.29. The van der Waals surface area contributed by atoms with Crippen molar-refractivity contribution in [3.8, 4) is 5.75 Å². The Bertz CT molecular complexity index is 1380. The van der Waals surface area contributed by atoms with E-state index in [0.717, 1.165) is 23.3 Å². The van der Waals surface area contributed by atoms with Crippen LogP contribution in [0.3, 0.4) is 0 Å². The number of benzene rings is 3. The third-order valence-corrected chi connectivity index (χ3v) is 6.03. The molecule has 0 atom stereocenters. The molecule has 1 amide bonds. The SMILES string of the molecule is CCOc1ccc2c(c1)CN(C(=O)c1nn(Cc3ccccc3)c(=O)c3ccccc13)CC2. The number of carbonyl (C=O) groups is 1. The smallest absolute Gasteiger partial charge is 0.275 e. The molecule has 0 fully saturated rings. The van der Waals surface area contributed by atoms with Crippen LogP contribution in [-0.2, 0) is 19.5 Å². The van der Waals surface area contributed by atoms with Crippen molar-refractivity contribution in [2.75, 3.05) is 13.2 Å². The lowest BCUT2D eigenvalue weighted by Crippen LogP contribution is -2.38. The number of nitrogens with zero attached hydrogens (tertiary/aromatic N) is 3. The Morgan fingerprint density at radius 2 is 1.73 bits per heavy atom. The molecule has 0 aliphatic carbocycles. The van der Waals surface area contributed by atoms with Gasteiger partial charge in [-0.1, -0.05) is 54.6 Å². The van der Waals surface area contributed by atoms with E-state index in [4.69, 9.17) is 4.74 Å². The molecule has 1 aliphatic rings. The Morgan fingerprint density at radius 1 is 0.970 bits per heavy atom. The number of amides is 1. The molecular formula is C27H25N3O3. The van der Waals surface area contributed by atoms with Gasteiger partial charge in [-0.3, -0.25) is 9.59 Å². The van der Waals surface area contributed by atoms with Crippen LogP contribution in [0.5, 0.6) is 5.75 Å². The average Bonchev–Trinajstić information content (AvgIpc) is 2.86. The largest absolute Gasteiger partial charge is 0.494 e. The summed E-state index contributed by atoms with van der Waals surface area (Å²) in [6, 6.07) is 23.0. The van der Waals surface area contributed by atoms with Crippen molar-refractivity contribution in [1.82, 2.24) is 14.7 Å². The normalized spacial score (nSPS) is 13.1. The van der Waals surface area contributed by atoms with Crippen molar-refractivity contribution < 1.29 is 9.53 Å². The van der Waals surface area contributed by atoms with E-state index in [9.17, 15) is 9.59 Å². The summed E-state index contributed by atoms with van der Waals surface area (Å²) >= 11 is 0. The van der Waals surface area contributed by atoms with Crippen LogP contribution in [0.15, 0.2) is 77.6 Å². The van der Waals surface area contributed by atoms with Crippen molar-refractivity contribution in [3.63, 3.8) is 0 Å². The van der Waals surface area contributed by atoms with Crippen LogP contribution in [0.1, 0.15) is 34.1 Å². The molecule has 0 saturated heterocycles. The highest BCUT2D eigenvalue weighted by molar-refractivity contribution is 6.04. The third kappa shape index (κ3) is 4.12. The molecule has 4 aromatic rings. The molecule has 0 spiro atoms. The molecular weight excluding hydrogens is 414 g/mol. The van der Waals surface area contributed by atoms with Gasteiger partial charge in [0.25, 0.3) is 11.5 Å². The molecule has 6 heteroatoms. The highest BCUT2D eigenvalue weighted by atomic mass is 16.5. The minimum atomic E-state index is -0.198. The minimum Gasteiger partial charge on any atom is -0.494 e. The maximum absolute atomic E-state index is 13.7. The van der Waals surface area contributed by atoms with Crippen LogP contribution >= 0.6 is 0 Å². The zero-order valence-electron chi connectivity index (χ0n) is 18.5. The van der Waals surface area contributed by atoms with Gasteiger partial charge in [-0.15, -0.1) is 0 Å². The van der Waals surface area contributed by atoms with Crippen LogP contribution in [0, 0.1) is 0 Å². The van der Waals surface area contributed by atoms with Gasteiger partial charge in [-0.25, -0.2) is 4.68 Å². The second kappa shape index (κ2) is 8.90. The summed E-state index contributed by atoms with van der Waals surface area (Å²) in [5, 5.41) is 5.65. The van der Waals surface area contributed by atoms with Crippen LogP contribution in [0.4, 0.5) is 0 Å². The number of hydrogen-bond acceptors (Lipinski definition) is 4. The first-order valence-electron chi connectivity index (χ1n) is 11.2. The Labute approximate surface area is 192 Å². The summed E-state index contributed by atoms with van der Waals surface area (Å²) in [5.74, 6) is 0.644. The second-order valence-corrected chi connectivity index (χ2v) is 8.18. The number of fused-ring (bicyclic) bond motifs is 2. The predicted molar refractivity (Wildman–Crippen MR) is 128 cm³/mol. The maximum atomic E-state index is 13.7. The van der Waals surface area contributed by atoms with E-state index in [1.54, 1.807) is 12.1 Å². The number of rotatable bonds is 5. The van der Waals surface area contributed by atoms with Crippen molar-refractivity contribution >= 4 is 16.7 Å². The summed E-state index contributed by atoms with van der Waals surface area (Å²) in [7, 11) is 0. The molecule has 6 nitrogen and oxygen atoms in total. The number of ether oxygens (including phenoxy) is 1. The van der Waals surface area contributed by atoms with Crippen LogP contribution < -0.4 is 10.3 Å². The van der Waals surface area contributed by atoms with Crippen molar-refractivity contribution in [2.24, 2.45) is 0 Å². The van der Waals surface area contributed by atoms with Gasteiger partial charge in [0, 0.05) is 18.5 Å². The average molecular weight is 440 g/mol. The predicted octanol–water partition coefficient (Wildman–Crippen LogP) is 4.04. The van der Waals surface area contributed by atoms with Crippen LogP contribution in [0.2, 0.25) is 0 Å². The van der Waals surface area contributed by atoms with Crippen molar-refractivity contribution in [2.45, 2.75) is 26.4 Å². The topological polar surface area (TPSA) is 64.4 Å². The van der Waals surface area contributed by atoms with Crippen LogP contribution in [-0.4, -0.2) is 33.7 Å². The van der Waals surface area contributed by atoms with E-state index < -0.39 is 0 Å². The summed E-state index contributed by atoms with van der Waals surface area (Å²) in [6.45, 7) is 3.96. The molecule has 0 radical (unpaired) electrons. The fraction of sp³-hybridized carbons (Fsp3) is 0.222. The molecule has 0 saturated carbocycles. The van der Waals surface area contributed by atoms with E-state index in [-0.39, 0.29) is 11.5 Å². The third-order valence-electron chi connectivity index (χ3n) is 6.03. The zero-order chi connectivity index (χ0) is 22.8. The summed E-state index contributed by atoms with van der Waals surface area (Å²) in [6.07, 6.45) is 0.773. The molecule has 166 valence electrons. The Hall–Kier alpha value is -3.93. The monoisotopic (exact) mass is 439 g/mol. The van der Waals surface area contributed by atoms with Crippen molar-refractivity contribution in [1.29, 1.82) is 0 Å². The molecule has 0 bridgehead atoms. The van der Waals surface area contributed by atoms with Gasteiger partial charge in [0.05, 0.1) is 18.5 Å². The quantitative estimate of drug-likeness (QED) is 0.471. The zero-order valence-corrected chi connectivity index (χ0v) is 18.5. The van der Waals surface area contributed by atoms with E-state index in [1.807, 2.05) is 66.4 Å². The Morgan fingerprint density at radius 3 is 2.52 bits per heavy atom. The minimum absolute atomic E-state index is 0.166. The van der Waals surface area contributed by atoms with Crippen LogP contribution in [0.25, 0.3) is 10.8 Å². The highest BCUT2D eigenvalue weighted by Gasteiger charge is 2.26. The molecule has 0 N–H and O–H groups in total. The lowest BCUT2D eigenvalue weighted by atomic mass is 9.99. The van der Waals surface area contributed by atoms with E-state index >= 15 is 0 Å². The Balaban J connectivity index is 1.52. The fourth-order valence-electron chi connectivity index (χ4n) is 4.37. The summed E-state index contributed by atoms with van der Waals surface area (Å²) in [4.78, 5) is 28.6. The molecule has 1 aliphatic heterocycles. The van der Waals surface area contributed by atoms with Gasteiger partial charge < -0.3 is 9.64 Å². The van der Waals surface area contributed by atoms with E-state index in [1.165, 1.54) is 10.2 Å². The summed E-state index contributed by atoms with van der Waals surface area (Å²) < 4.78 is 7.04. The molecule has 2 heterocycles. The van der Waals surface area contributed by atoms with E-state index in [2.05, 4.69) is 11.2 Å². The van der Waals surface area contributed by atoms with Gasteiger partial charge in [0.15, 0.2) is 5.69 Å². The number of carbonyl (C=O) groups excluding carboxylic acids is 1. The molecule has 1 aromatic heterocycles. The Kier molecular flexibility index (Phi) is 5.65. The lowest BCUT2D eigenvalue weighted by molar-refractivity contribution is 0.0728. The maximum Gasteiger partial charge on any atom is 0.275 e.